The molecule has 0 fully saturated rings. The van der Waals surface area contributed by atoms with Crippen molar-refractivity contribution in [2.24, 2.45) is 0 Å². The van der Waals surface area contributed by atoms with Gasteiger partial charge in [0.05, 0.1) is 10.5 Å². The number of hydrogen-bond donors (Lipinski definition) is 2. The van der Waals surface area contributed by atoms with Crippen LogP contribution in [0.2, 0.25) is 0 Å². The molecule has 27 heavy (non-hydrogen) atoms. The first kappa shape index (κ1) is 20.4. The van der Waals surface area contributed by atoms with E-state index < -0.39 is 33.8 Å². The number of sulfonamides is 1. The summed E-state index contributed by atoms with van der Waals surface area (Å²) in [5.74, 6) is -1.66. The molecule has 1 atom stereocenters. The highest BCUT2D eigenvalue weighted by Gasteiger charge is 2.19. The van der Waals surface area contributed by atoms with Crippen LogP contribution in [0.25, 0.3) is 0 Å². The van der Waals surface area contributed by atoms with Crippen molar-refractivity contribution < 1.29 is 27.1 Å². The van der Waals surface area contributed by atoms with Crippen molar-refractivity contribution in [1.29, 1.82) is 0 Å². The van der Waals surface area contributed by atoms with Crippen LogP contribution < -0.4 is 10.0 Å². The van der Waals surface area contributed by atoms with Gasteiger partial charge in [-0.2, -0.15) is 0 Å². The van der Waals surface area contributed by atoms with Crippen LogP contribution in [0.3, 0.4) is 0 Å². The number of amides is 1. The van der Waals surface area contributed by atoms with Gasteiger partial charge in [-0.05, 0) is 62.4 Å². The second-order valence-corrected chi connectivity index (χ2v) is 7.26. The SMILES string of the molecule is CCNC(=O)C(C)OC(=O)c1ccc(NS(=O)(=O)c2ccc(F)cc2)cc1. The van der Waals surface area contributed by atoms with Crippen molar-refractivity contribution in [3.05, 3.63) is 59.9 Å². The van der Waals surface area contributed by atoms with Crippen LogP contribution in [0, 0.1) is 5.82 Å². The fraction of sp³-hybridized carbons (Fsp3) is 0.222. The van der Waals surface area contributed by atoms with E-state index in [1.807, 2.05) is 0 Å². The predicted octanol–water partition coefficient (Wildman–Crippen LogP) is 2.31. The number of ether oxygens (including phenoxy) is 1. The lowest BCUT2D eigenvalue weighted by Crippen LogP contribution is -2.35. The minimum atomic E-state index is -3.89. The monoisotopic (exact) mass is 394 g/mol. The summed E-state index contributed by atoms with van der Waals surface area (Å²) in [7, 11) is -3.89. The maximum Gasteiger partial charge on any atom is 0.338 e. The molecule has 2 N–H and O–H groups in total. The molecule has 0 aliphatic rings. The molecule has 1 amide bonds. The van der Waals surface area contributed by atoms with Gasteiger partial charge in [0.2, 0.25) is 0 Å². The number of anilines is 1. The van der Waals surface area contributed by atoms with Gasteiger partial charge in [-0.25, -0.2) is 17.6 Å². The summed E-state index contributed by atoms with van der Waals surface area (Å²) in [5.41, 5.74) is 0.378. The average molecular weight is 394 g/mol. The molecule has 0 bridgehead atoms. The molecule has 0 heterocycles. The largest absolute Gasteiger partial charge is 0.449 e. The number of halogens is 1. The van der Waals surface area contributed by atoms with Crippen molar-refractivity contribution in [2.75, 3.05) is 11.3 Å². The number of nitrogens with one attached hydrogen (secondary N) is 2. The summed E-state index contributed by atoms with van der Waals surface area (Å²) in [6, 6.07) is 9.89. The van der Waals surface area contributed by atoms with Gasteiger partial charge in [-0.15, -0.1) is 0 Å². The summed E-state index contributed by atoms with van der Waals surface area (Å²) in [6.45, 7) is 3.62. The topological polar surface area (TPSA) is 102 Å². The minimum absolute atomic E-state index is 0.0943. The predicted molar refractivity (Wildman–Crippen MR) is 97.2 cm³/mol. The molecule has 0 saturated heterocycles. The van der Waals surface area contributed by atoms with E-state index in [4.69, 9.17) is 4.74 Å². The normalized spacial score (nSPS) is 12.1. The van der Waals surface area contributed by atoms with E-state index >= 15 is 0 Å². The maximum atomic E-state index is 12.9. The Morgan fingerprint density at radius 1 is 1.07 bits per heavy atom. The Hall–Kier alpha value is -2.94. The summed E-state index contributed by atoms with van der Waals surface area (Å²) in [6.07, 6.45) is -0.950. The molecule has 0 saturated carbocycles. The third-order valence-corrected chi connectivity index (χ3v) is 4.90. The lowest BCUT2D eigenvalue weighted by Gasteiger charge is -2.13. The van der Waals surface area contributed by atoms with Crippen LogP contribution in [-0.2, 0) is 19.6 Å². The minimum Gasteiger partial charge on any atom is -0.449 e. The second kappa shape index (κ2) is 8.63. The lowest BCUT2D eigenvalue weighted by atomic mass is 10.2. The van der Waals surface area contributed by atoms with Gasteiger partial charge in [0, 0.05) is 12.2 Å². The Balaban J connectivity index is 2.05. The molecule has 0 aromatic heterocycles. The van der Waals surface area contributed by atoms with Gasteiger partial charge in [0.25, 0.3) is 15.9 Å². The van der Waals surface area contributed by atoms with Crippen LogP contribution >= 0.6 is 0 Å². The molecule has 0 aliphatic heterocycles. The van der Waals surface area contributed by atoms with Gasteiger partial charge >= 0.3 is 5.97 Å². The number of likely N-dealkylation sites (N-methyl/N-ethyl adjacent to an activating group) is 1. The molecule has 9 heteroatoms. The van der Waals surface area contributed by atoms with E-state index in [1.165, 1.54) is 31.2 Å². The molecule has 1 unspecified atom stereocenters. The fourth-order valence-electron chi connectivity index (χ4n) is 2.10. The fourth-order valence-corrected chi connectivity index (χ4v) is 3.16. The molecule has 0 aliphatic carbocycles. The maximum absolute atomic E-state index is 12.9. The van der Waals surface area contributed by atoms with E-state index in [2.05, 4.69) is 10.0 Å². The van der Waals surface area contributed by atoms with Crippen molar-refractivity contribution in [1.82, 2.24) is 5.32 Å². The van der Waals surface area contributed by atoms with Gasteiger partial charge in [0.1, 0.15) is 5.82 Å². The Morgan fingerprint density at radius 3 is 2.22 bits per heavy atom. The third-order valence-electron chi connectivity index (χ3n) is 3.50. The van der Waals surface area contributed by atoms with Crippen molar-refractivity contribution in [2.45, 2.75) is 24.8 Å². The van der Waals surface area contributed by atoms with Crippen molar-refractivity contribution >= 4 is 27.6 Å². The summed E-state index contributed by atoms with van der Waals surface area (Å²) >= 11 is 0. The number of carbonyl (C=O) groups excluding carboxylic acids is 2. The quantitative estimate of drug-likeness (QED) is 0.702. The number of carbonyl (C=O) groups is 2. The average Bonchev–Trinajstić information content (AvgIpc) is 2.62. The van der Waals surface area contributed by atoms with Gasteiger partial charge < -0.3 is 10.1 Å². The van der Waals surface area contributed by atoms with Crippen LogP contribution in [0.1, 0.15) is 24.2 Å². The van der Waals surface area contributed by atoms with Crippen molar-refractivity contribution in [3.8, 4) is 0 Å². The number of hydrogen-bond acceptors (Lipinski definition) is 5. The first-order valence-corrected chi connectivity index (χ1v) is 9.58. The van der Waals surface area contributed by atoms with E-state index in [0.29, 0.717) is 6.54 Å². The van der Waals surface area contributed by atoms with Crippen LogP contribution in [-0.4, -0.2) is 32.9 Å². The molecule has 2 aromatic carbocycles. The zero-order chi connectivity index (χ0) is 20.0. The Bertz CT molecular complexity index is 912. The third kappa shape index (κ3) is 5.52. The number of esters is 1. The zero-order valence-corrected chi connectivity index (χ0v) is 15.5. The highest BCUT2D eigenvalue weighted by molar-refractivity contribution is 7.92. The highest BCUT2D eigenvalue weighted by atomic mass is 32.2. The summed E-state index contributed by atoms with van der Waals surface area (Å²) in [4.78, 5) is 23.5. The first-order chi connectivity index (χ1) is 12.7. The first-order valence-electron chi connectivity index (χ1n) is 8.10. The standard InChI is InChI=1S/C18H19FN2O5S/c1-3-20-17(22)12(2)26-18(23)13-4-8-15(9-5-13)21-27(24,25)16-10-6-14(19)7-11-16/h4-12,21H,3H2,1-2H3,(H,20,22). The zero-order valence-electron chi connectivity index (χ0n) is 14.7. The molecule has 7 nitrogen and oxygen atoms in total. The van der Waals surface area contributed by atoms with E-state index in [9.17, 15) is 22.4 Å². The molecule has 2 rings (SSSR count). The Kier molecular flexibility index (Phi) is 6.51. The molecular weight excluding hydrogens is 375 g/mol. The van der Waals surface area contributed by atoms with E-state index in [0.717, 1.165) is 24.3 Å². The van der Waals surface area contributed by atoms with Crippen LogP contribution in [0.4, 0.5) is 10.1 Å². The van der Waals surface area contributed by atoms with Gasteiger partial charge in [-0.1, -0.05) is 0 Å². The molecule has 0 spiro atoms. The lowest BCUT2D eigenvalue weighted by molar-refractivity contribution is -0.128. The second-order valence-electron chi connectivity index (χ2n) is 5.58. The number of benzene rings is 2. The highest BCUT2D eigenvalue weighted by Crippen LogP contribution is 2.17. The van der Waals surface area contributed by atoms with Crippen molar-refractivity contribution in [3.63, 3.8) is 0 Å². The smallest absolute Gasteiger partial charge is 0.338 e. The molecule has 2 aromatic rings. The van der Waals surface area contributed by atoms with Gasteiger partial charge in [0.15, 0.2) is 6.10 Å². The van der Waals surface area contributed by atoms with Gasteiger partial charge in [-0.3, -0.25) is 9.52 Å². The summed E-state index contributed by atoms with van der Waals surface area (Å²) < 4.78 is 44.8. The molecule has 144 valence electrons. The Labute approximate surface area is 156 Å². The summed E-state index contributed by atoms with van der Waals surface area (Å²) in [5, 5.41) is 2.54. The van der Waals surface area contributed by atoms with E-state index in [1.54, 1.807) is 6.92 Å². The van der Waals surface area contributed by atoms with Crippen LogP contribution in [0.5, 0.6) is 0 Å². The number of rotatable bonds is 7. The molecular formula is C18H19FN2O5S. The van der Waals surface area contributed by atoms with Crippen LogP contribution in [0.15, 0.2) is 53.4 Å². The molecule has 0 radical (unpaired) electrons. The van der Waals surface area contributed by atoms with E-state index in [-0.39, 0.29) is 16.1 Å². The Morgan fingerprint density at radius 2 is 1.67 bits per heavy atom.